The van der Waals surface area contributed by atoms with Crippen molar-refractivity contribution in [3.63, 3.8) is 0 Å². The number of hydrogen-bond acceptors (Lipinski definition) is 5. The Morgan fingerprint density at radius 3 is 3.00 bits per heavy atom. The molecule has 5 heteroatoms. The summed E-state index contributed by atoms with van der Waals surface area (Å²) in [6, 6.07) is 12.0. The highest BCUT2D eigenvalue weighted by Gasteiger charge is 2.30. The van der Waals surface area contributed by atoms with Crippen molar-refractivity contribution in [2.75, 3.05) is 20.4 Å². The molecule has 112 valence electrons. The van der Waals surface area contributed by atoms with E-state index >= 15 is 0 Å². The van der Waals surface area contributed by atoms with E-state index in [1.54, 1.807) is 7.11 Å². The minimum atomic E-state index is 0.0267. The summed E-state index contributed by atoms with van der Waals surface area (Å²) in [4.78, 5) is 0. The van der Waals surface area contributed by atoms with E-state index in [4.69, 9.17) is 14.0 Å². The van der Waals surface area contributed by atoms with Gasteiger partial charge in [-0.1, -0.05) is 35.5 Å². The van der Waals surface area contributed by atoms with Crippen LogP contribution in [-0.2, 0) is 9.47 Å². The lowest BCUT2D eigenvalue weighted by atomic mass is 9.98. The van der Waals surface area contributed by atoms with Gasteiger partial charge in [-0.15, -0.1) is 0 Å². The van der Waals surface area contributed by atoms with Gasteiger partial charge in [0.25, 0.3) is 0 Å². The van der Waals surface area contributed by atoms with Gasteiger partial charge in [0.2, 0.25) is 0 Å². The topological polar surface area (TPSA) is 56.5 Å². The molecule has 2 heterocycles. The Hall–Kier alpha value is -1.69. The molecule has 2 atom stereocenters. The maximum atomic E-state index is 5.74. The predicted octanol–water partition coefficient (Wildman–Crippen LogP) is 2.76. The molecule has 3 rings (SSSR count). The monoisotopic (exact) mass is 288 g/mol. The maximum absolute atomic E-state index is 5.74. The SMILES string of the molecule is COCO[C@H]1CCCN[C@H]1c1cc(-c2ccccc2)no1. The molecule has 1 aromatic heterocycles. The van der Waals surface area contributed by atoms with E-state index in [2.05, 4.69) is 10.5 Å². The van der Waals surface area contributed by atoms with Crippen LogP contribution in [0.5, 0.6) is 0 Å². The predicted molar refractivity (Wildman–Crippen MR) is 78.7 cm³/mol. The van der Waals surface area contributed by atoms with Gasteiger partial charge in [0.05, 0.1) is 12.1 Å². The Kier molecular flexibility index (Phi) is 4.65. The second-order valence-corrected chi connectivity index (χ2v) is 5.17. The quantitative estimate of drug-likeness (QED) is 0.857. The zero-order valence-corrected chi connectivity index (χ0v) is 12.1. The van der Waals surface area contributed by atoms with E-state index in [9.17, 15) is 0 Å². The summed E-state index contributed by atoms with van der Waals surface area (Å²) in [7, 11) is 1.63. The molecule has 5 nitrogen and oxygen atoms in total. The Morgan fingerprint density at radius 2 is 2.19 bits per heavy atom. The summed E-state index contributed by atoms with van der Waals surface area (Å²) >= 11 is 0. The van der Waals surface area contributed by atoms with Gasteiger partial charge in [0.15, 0.2) is 5.76 Å². The van der Waals surface area contributed by atoms with Crippen molar-refractivity contribution in [1.29, 1.82) is 0 Å². The first-order valence-electron chi connectivity index (χ1n) is 7.24. The molecule has 1 N–H and O–H groups in total. The number of aromatic nitrogens is 1. The lowest BCUT2D eigenvalue weighted by molar-refractivity contribution is -0.0949. The average molecular weight is 288 g/mol. The van der Waals surface area contributed by atoms with Gasteiger partial charge in [-0.3, -0.25) is 0 Å². The molecule has 1 saturated heterocycles. The Balaban J connectivity index is 1.77. The van der Waals surface area contributed by atoms with Crippen molar-refractivity contribution in [2.24, 2.45) is 0 Å². The molecule has 1 aliphatic heterocycles. The third-order valence-electron chi connectivity index (χ3n) is 3.71. The Bertz CT molecular complexity index is 556. The Labute approximate surface area is 124 Å². The van der Waals surface area contributed by atoms with Crippen LogP contribution in [-0.4, -0.2) is 31.7 Å². The summed E-state index contributed by atoms with van der Waals surface area (Å²) in [5.74, 6) is 0.814. The molecule has 1 aromatic carbocycles. The fraction of sp³-hybridized carbons (Fsp3) is 0.438. The van der Waals surface area contributed by atoms with E-state index in [0.29, 0.717) is 6.79 Å². The van der Waals surface area contributed by atoms with Crippen molar-refractivity contribution < 1.29 is 14.0 Å². The maximum Gasteiger partial charge on any atom is 0.156 e. The molecule has 0 saturated carbocycles. The third-order valence-corrected chi connectivity index (χ3v) is 3.71. The fourth-order valence-electron chi connectivity index (χ4n) is 2.66. The molecule has 21 heavy (non-hydrogen) atoms. The first kappa shape index (κ1) is 14.3. The number of benzene rings is 1. The number of nitrogens with zero attached hydrogens (tertiary/aromatic N) is 1. The summed E-state index contributed by atoms with van der Waals surface area (Å²) in [6.45, 7) is 1.25. The largest absolute Gasteiger partial charge is 0.359 e. The highest BCUT2D eigenvalue weighted by atomic mass is 16.7. The molecular formula is C16H20N2O3. The van der Waals surface area contributed by atoms with Gasteiger partial charge in [0.1, 0.15) is 12.5 Å². The van der Waals surface area contributed by atoms with E-state index < -0.39 is 0 Å². The summed E-state index contributed by atoms with van der Waals surface area (Å²) in [6.07, 6.45) is 2.13. The summed E-state index contributed by atoms with van der Waals surface area (Å²) in [5.41, 5.74) is 1.90. The minimum Gasteiger partial charge on any atom is -0.359 e. The van der Waals surface area contributed by atoms with Crippen LogP contribution in [0.3, 0.4) is 0 Å². The number of ether oxygens (including phenoxy) is 2. The lowest BCUT2D eigenvalue weighted by Crippen LogP contribution is -2.39. The van der Waals surface area contributed by atoms with Crippen molar-refractivity contribution in [3.05, 3.63) is 42.2 Å². The van der Waals surface area contributed by atoms with Gasteiger partial charge < -0.3 is 19.3 Å². The van der Waals surface area contributed by atoms with Crippen LogP contribution in [0.4, 0.5) is 0 Å². The van der Waals surface area contributed by atoms with Gasteiger partial charge in [-0.05, 0) is 19.4 Å². The third kappa shape index (κ3) is 3.32. The van der Waals surface area contributed by atoms with Crippen LogP contribution in [0.1, 0.15) is 24.6 Å². The van der Waals surface area contributed by atoms with Crippen LogP contribution >= 0.6 is 0 Å². The van der Waals surface area contributed by atoms with E-state index in [-0.39, 0.29) is 12.1 Å². The molecule has 0 spiro atoms. The molecule has 0 bridgehead atoms. The van der Waals surface area contributed by atoms with Gasteiger partial charge >= 0.3 is 0 Å². The number of nitrogens with one attached hydrogen (secondary N) is 1. The first-order valence-corrected chi connectivity index (χ1v) is 7.24. The molecule has 0 unspecified atom stereocenters. The first-order chi connectivity index (χ1) is 10.4. The van der Waals surface area contributed by atoms with Crippen LogP contribution in [0, 0.1) is 0 Å². The van der Waals surface area contributed by atoms with E-state index in [0.717, 1.165) is 36.4 Å². The highest BCUT2D eigenvalue weighted by Crippen LogP contribution is 2.29. The Morgan fingerprint density at radius 1 is 1.33 bits per heavy atom. The standard InChI is InChI=1S/C16H20N2O3/c1-19-11-20-14-8-5-9-17-16(14)15-10-13(18-21-15)12-6-3-2-4-7-12/h2-4,6-7,10,14,16-17H,5,8-9,11H2,1H3/t14-,16+/m0/s1. The zero-order valence-electron chi connectivity index (χ0n) is 12.1. The highest BCUT2D eigenvalue weighted by molar-refractivity contribution is 5.58. The number of rotatable bonds is 5. The van der Waals surface area contributed by atoms with Crippen molar-refractivity contribution in [1.82, 2.24) is 10.5 Å². The number of methoxy groups -OCH3 is 1. The average Bonchev–Trinajstić information content (AvgIpc) is 3.04. The minimum absolute atomic E-state index is 0.0267. The van der Waals surface area contributed by atoms with Crippen LogP contribution in [0.25, 0.3) is 11.3 Å². The van der Waals surface area contributed by atoms with Crippen LogP contribution in [0.15, 0.2) is 40.9 Å². The normalized spacial score (nSPS) is 22.3. The number of piperidine rings is 1. The van der Waals surface area contributed by atoms with Crippen LogP contribution < -0.4 is 5.32 Å². The molecule has 1 fully saturated rings. The fourth-order valence-corrected chi connectivity index (χ4v) is 2.66. The second kappa shape index (κ2) is 6.85. The molecule has 0 amide bonds. The molecule has 1 aliphatic rings. The molecule has 0 radical (unpaired) electrons. The summed E-state index contributed by atoms with van der Waals surface area (Å²) in [5, 5.41) is 7.62. The second-order valence-electron chi connectivity index (χ2n) is 5.17. The van der Waals surface area contributed by atoms with Gasteiger partial charge in [-0.2, -0.15) is 0 Å². The van der Waals surface area contributed by atoms with Crippen molar-refractivity contribution >= 4 is 0 Å². The smallest absolute Gasteiger partial charge is 0.156 e. The molecular weight excluding hydrogens is 268 g/mol. The van der Waals surface area contributed by atoms with Crippen molar-refractivity contribution in [2.45, 2.75) is 25.0 Å². The number of hydrogen-bond donors (Lipinski definition) is 1. The van der Waals surface area contributed by atoms with E-state index in [1.165, 1.54) is 0 Å². The molecule has 0 aliphatic carbocycles. The van der Waals surface area contributed by atoms with Crippen LogP contribution in [0.2, 0.25) is 0 Å². The van der Waals surface area contributed by atoms with E-state index in [1.807, 2.05) is 36.4 Å². The molecule has 2 aromatic rings. The van der Waals surface area contributed by atoms with Gasteiger partial charge in [0, 0.05) is 18.7 Å². The van der Waals surface area contributed by atoms with Crippen molar-refractivity contribution in [3.8, 4) is 11.3 Å². The summed E-state index contributed by atoms with van der Waals surface area (Å²) < 4.78 is 16.3. The lowest BCUT2D eigenvalue weighted by Gasteiger charge is -2.30. The zero-order chi connectivity index (χ0) is 14.5. The van der Waals surface area contributed by atoms with Gasteiger partial charge in [-0.25, -0.2) is 0 Å².